The molecular weight excluding hydrogens is 520 g/mol. The van der Waals surface area contributed by atoms with Crippen LogP contribution in [0.25, 0.3) is 39.6 Å². The molecule has 1 aliphatic carbocycles. The fraction of sp³-hybridized carbons (Fsp3) is 0.220. The summed E-state index contributed by atoms with van der Waals surface area (Å²) in [6.45, 7) is 7.44. The Morgan fingerprint density at radius 1 is 0.860 bits per heavy atom. The molecule has 3 aromatic carbocycles. The average molecular weight is 563 g/mol. The number of para-hydroxylation sites is 2. The minimum Gasteiger partial charge on any atom is -0.340 e. The second kappa shape index (κ2) is 13.2. The molecule has 1 aliphatic rings. The smallest absolute Gasteiger partial charge is 0.0537 e. The highest BCUT2D eigenvalue weighted by molar-refractivity contribution is 5.92. The summed E-state index contributed by atoms with van der Waals surface area (Å²) < 4.78 is 4.90. The number of aryl methyl sites for hydroxylation is 1. The first-order valence-corrected chi connectivity index (χ1v) is 15.8. The number of nitrogens with zero attached hydrogens (tertiary/aromatic N) is 2. The van der Waals surface area contributed by atoms with Crippen molar-refractivity contribution in [3.63, 3.8) is 0 Å². The van der Waals surface area contributed by atoms with E-state index < -0.39 is 0 Å². The Labute approximate surface area is 256 Å². The Kier molecular flexibility index (Phi) is 8.75. The number of allylic oxidation sites excluding steroid dienone is 8. The van der Waals surface area contributed by atoms with Gasteiger partial charge in [0.25, 0.3) is 0 Å². The molecule has 0 fully saturated rings. The fourth-order valence-electron chi connectivity index (χ4n) is 6.58. The zero-order chi connectivity index (χ0) is 29.6. The van der Waals surface area contributed by atoms with Gasteiger partial charge in [-0.3, -0.25) is 0 Å². The summed E-state index contributed by atoms with van der Waals surface area (Å²) in [5, 5.41) is 2.68. The zero-order valence-corrected chi connectivity index (χ0v) is 25.8. The van der Waals surface area contributed by atoms with Gasteiger partial charge in [-0.2, -0.15) is 0 Å². The lowest BCUT2D eigenvalue weighted by Crippen LogP contribution is -2.03. The zero-order valence-electron chi connectivity index (χ0n) is 25.8. The molecule has 43 heavy (non-hydrogen) atoms. The van der Waals surface area contributed by atoms with E-state index >= 15 is 0 Å². The summed E-state index contributed by atoms with van der Waals surface area (Å²) in [6, 6.07) is 26.7. The van der Waals surface area contributed by atoms with Crippen molar-refractivity contribution in [2.24, 2.45) is 0 Å². The summed E-state index contributed by atoms with van der Waals surface area (Å²) in [5.41, 5.74) is 12.1. The van der Waals surface area contributed by atoms with Gasteiger partial charge in [0.05, 0.1) is 5.52 Å². The quantitative estimate of drug-likeness (QED) is 0.118. The van der Waals surface area contributed by atoms with Crippen LogP contribution in [0.4, 0.5) is 0 Å². The Balaban J connectivity index is 1.19. The minimum atomic E-state index is 0.923. The first kappa shape index (κ1) is 28.6. The van der Waals surface area contributed by atoms with E-state index in [4.69, 9.17) is 0 Å². The molecule has 0 saturated heterocycles. The summed E-state index contributed by atoms with van der Waals surface area (Å²) in [7, 11) is 0. The molecule has 2 heteroatoms. The highest BCUT2D eigenvalue weighted by atomic mass is 15.0. The Morgan fingerprint density at radius 2 is 1.63 bits per heavy atom. The van der Waals surface area contributed by atoms with Gasteiger partial charge in [-0.25, -0.2) is 0 Å². The SMILES string of the molecule is C/C=C\C=C/c1c(C)c2ccccc2n1-c1ccc(C/C(=C/CC)C/C=C\Cn2c3c(c4ccccc42)C=CCC3)cc1. The predicted octanol–water partition coefficient (Wildman–Crippen LogP) is 11.0. The van der Waals surface area contributed by atoms with Crippen molar-refractivity contribution in [2.75, 3.05) is 0 Å². The normalized spacial score (nSPS) is 13.9. The first-order chi connectivity index (χ1) is 21.2. The van der Waals surface area contributed by atoms with Crippen LogP contribution in [-0.4, -0.2) is 9.13 Å². The number of hydrogen-bond acceptors (Lipinski definition) is 0. The predicted molar refractivity (Wildman–Crippen MR) is 187 cm³/mol. The highest BCUT2D eigenvalue weighted by Crippen LogP contribution is 2.32. The largest absolute Gasteiger partial charge is 0.340 e. The third kappa shape index (κ3) is 5.88. The van der Waals surface area contributed by atoms with Gasteiger partial charge in [0, 0.05) is 45.5 Å². The van der Waals surface area contributed by atoms with E-state index in [9.17, 15) is 0 Å². The summed E-state index contributed by atoms with van der Waals surface area (Å²) in [6.07, 6.45) is 25.5. The molecule has 0 unspecified atom stereocenters. The van der Waals surface area contributed by atoms with Gasteiger partial charge in [-0.05, 0) is 87.4 Å². The number of aromatic nitrogens is 2. The van der Waals surface area contributed by atoms with Crippen LogP contribution >= 0.6 is 0 Å². The van der Waals surface area contributed by atoms with Crippen molar-refractivity contribution >= 4 is 34.0 Å². The molecule has 5 aromatic rings. The molecule has 0 atom stereocenters. The van der Waals surface area contributed by atoms with Gasteiger partial charge in [0.15, 0.2) is 0 Å². The van der Waals surface area contributed by atoms with E-state index in [-0.39, 0.29) is 0 Å². The van der Waals surface area contributed by atoms with Gasteiger partial charge >= 0.3 is 0 Å². The van der Waals surface area contributed by atoms with Crippen LogP contribution in [0.1, 0.15) is 61.2 Å². The minimum absolute atomic E-state index is 0.923. The van der Waals surface area contributed by atoms with Crippen molar-refractivity contribution in [3.05, 3.63) is 149 Å². The Bertz CT molecular complexity index is 1880. The maximum absolute atomic E-state index is 2.52. The van der Waals surface area contributed by atoms with Crippen LogP contribution in [-0.2, 0) is 19.4 Å². The highest BCUT2D eigenvalue weighted by Gasteiger charge is 2.16. The van der Waals surface area contributed by atoms with Gasteiger partial charge in [0.2, 0.25) is 0 Å². The lowest BCUT2D eigenvalue weighted by Gasteiger charge is -2.12. The average Bonchev–Trinajstić information content (AvgIpc) is 3.51. The van der Waals surface area contributed by atoms with Crippen LogP contribution < -0.4 is 0 Å². The summed E-state index contributed by atoms with van der Waals surface area (Å²) in [5.74, 6) is 0. The molecule has 0 saturated carbocycles. The maximum Gasteiger partial charge on any atom is 0.0537 e. The number of rotatable bonds is 10. The van der Waals surface area contributed by atoms with E-state index in [2.05, 4.69) is 157 Å². The van der Waals surface area contributed by atoms with Crippen molar-refractivity contribution < 1.29 is 0 Å². The van der Waals surface area contributed by atoms with Gasteiger partial charge in [-0.15, -0.1) is 0 Å². The van der Waals surface area contributed by atoms with Gasteiger partial charge in [0.1, 0.15) is 0 Å². The monoisotopic (exact) mass is 562 g/mol. The molecule has 2 heterocycles. The molecule has 0 amide bonds. The molecule has 0 N–H and O–H groups in total. The molecule has 216 valence electrons. The van der Waals surface area contributed by atoms with Gasteiger partial charge in [-0.1, -0.05) is 110 Å². The second-order valence-electron chi connectivity index (χ2n) is 11.5. The van der Waals surface area contributed by atoms with E-state index in [0.717, 1.165) is 38.6 Å². The maximum atomic E-state index is 2.52. The van der Waals surface area contributed by atoms with Crippen molar-refractivity contribution in [1.29, 1.82) is 0 Å². The van der Waals surface area contributed by atoms with Crippen molar-refractivity contribution in [3.8, 4) is 5.69 Å². The Morgan fingerprint density at radius 3 is 2.42 bits per heavy atom. The van der Waals surface area contributed by atoms with Crippen LogP contribution in [0.15, 0.2) is 121 Å². The third-order valence-electron chi connectivity index (χ3n) is 8.64. The van der Waals surface area contributed by atoms with E-state index in [1.54, 1.807) is 0 Å². The van der Waals surface area contributed by atoms with E-state index in [0.29, 0.717) is 0 Å². The fourth-order valence-corrected chi connectivity index (χ4v) is 6.58. The second-order valence-corrected chi connectivity index (χ2v) is 11.5. The number of benzene rings is 3. The van der Waals surface area contributed by atoms with Crippen LogP contribution in [0.5, 0.6) is 0 Å². The number of hydrogen-bond donors (Lipinski definition) is 0. The molecule has 0 bridgehead atoms. The molecule has 2 aromatic heterocycles. The van der Waals surface area contributed by atoms with Crippen molar-refractivity contribution in [2.45, 2.75) is 59.4 Å². The summed E-state index contributed by atoms with van der Waals surface area (Å²) in [4.78, 5) is 0. The van der Waals surface area contributed by atoms with Crippen LogP contribution in [0, 0.1) is 6.92 Å². The Hall–Kier alpha value is -4.56. The molecule has 0 spiro atoms. The topological polar surface area (TPSA) is 9.86 Å². The van der Waals surface area contributed by atoms with Gasteiger partial charge < -0.3 is 9.13 Å². The van der Waals surface area contributed by atoms with E-state index in [1.165, 1.54) is 61.1 Å². The molecule has 6 rings (SSSR count). The van der Waals surface area contributed by atoms with Crippen LogP contribution in [0.3, 0.4) is 0 Å². The standard InChI is InChI=1S/C41H42N2/c1-4-6-7-21-38-31(3)35-18-8-13-24-41(35)43(38)34-27-25-33(26-28-34)30-32(16-5-2)17-14-15-29-42-39-22-11-9-19-36(39)37-20-10-12-23-40(37)42/h4,6-11,13-16,18-22,24-28H,5,12,17,23,29-30H2,1-3H3/b6-4-,15-14-,21-7-,32-16+. The third-order valence-corrected chi connectivity index (χ3v) is 8.64. The first-order valence-electron chi connectivity index (χ1n) is 15.8. The number of fused-ring (bicyclic) bond motifs is 4. The molecule has 0 aliphatic heterocycles. The van der Waals surface area contributed by atoms with Crippen molar-refractivity contribution in [1.82, 2.24) is 9.13 Å². The van der Waals surface area contributed by atoms with E-state index in [1.807, 2.05) is 0 Å². The lowest BCUT2D eigenvalue weighted by atomic mass is 10.0. The molecule has 0 radical (unpaired) electrons. The molecular formula is C41H42N2. The lowest BCUT2D eigenvalue weighted by molar-refractivity contribution is 0.768. The molecule has 2 nitrogen and oxygen atoms in total. The van der Waals surface area contributed by atoms with Crippen LogP contribution in [0.2, 0.25) is 0 Å². The summed E-state index contributed by atoms with van der Waals surface area (Å²) >= 11 is 0.